The van der Waals surface area contributed by atoms with Crippen molar-refractivity contribution in [1.82, 2.24) is 5.32 Å². The summed E-state index contributed by atoms with van der Waals surface area (Å²) in [5, 5.41) is 13.8. The summed E-state index contributed by atoms with van der Waals surface area (Å²) in [6, 6.07) is 20.8. The van der Waals surface area contributed by atoms with Crippen molar-refractivity contribution in [3.05, 3.63) is 77.4 Å². The first-order valence-electron chi connectivity index (χ1n) is 8.52. The van der Waals surface area contributed by atoms with Crippen molar-refractivity contribution in [2.24, 2.45) is 0 Å². The molecule has 1 N–H and O–H groups in total. The second-order valence-electron chi connectivity index (χ2n) is 6.11. The molecule has 1 amide bonds. The van der Waals surface area contributed by atoms with Crippen LogP contribution in [0.2, 0.25) is 0 Å². The van der Waals surface area contributed by atoms with Gasteiger partial charge in [0.2, 0.25) is 0 Å². The zero-order chi connectivity index (χ0) is 19.2. The van der Waals surface area contributed by atoms with E-state index in [0.29, 0.717) is 12.1 Å². The third-order valence-corrected chi connectivity index (χ3v) is 4.40. The molecular formula is C22H20N2O3. The molecule has 5 heteroatoms. The topological polar surface area (TPSA) is 71.3 Å². The van der Waals surface area contributed by atoms with E-state index >= 15 is 0 Å². The number of methoxy groups -OCH3 is 2. The zero-order valence-electron chi connectivity index (χ0n) is 15.2. The summed E-state index contributed by atoms with van der Waals surface area (Å²) in [5.41, 5.74) is 2.29. The molecule has 0 aliphatic rings. The third-order valence-electron chi connectivity index (χ3n) is 4.40. The van der Waals surface area contributed by atoms with Crippen LogP contribution < -0.4 is 10.1 Å². The summed E-state index contributed by atoms with van der Waals surface area (Å²) in [6.45, 7) is 0.370. The molecule has 3 rings (SSSR count). The minimum atomic E-state index is -0.699. The first-order chi connectivity index (χ1) is 13.1. The van der Waals surface area contributed by atoms with E-state index in [0.717, 1.165) is 27.6 Å². The van der Waals surface area contributed by atoms with E-state index in [9.17, 15) is 4.79 Å². The fourth-order valence-electron chi connectivity index (χ4n) is 2.91. The predicted molar refractivity (Wildman–Crippen MR) is 103 cm³/mol. The van der Waals surface area contributed by atoms with Crippen LogP contribution in [0.4, 0.5) is 0 Å². The Morgan fingerprint density at radius 2 is 1.74 bits per heavy atom. The first-order valence-corrected chi connectivity index (χ1v) is 8.52. The number of rotatable bonds is 6. The molecule has 0 fully saturated rings. The maximum absolute atomic E-state index is 12.6. The van der Waals surface area contributed by atoms with Crippen LogP contribution in [0.25, 0.3) is 10.8 Å². The fourth-order valence-corrected chi connectivity index (χ4v) is 2.91. The number of carbonyl (C=O) groups excluding carboxylic acids is 1. The van der Waals surface area contributed by atoms with Gasteiger partial charge in [0, 0.05) is 13.7 Å². The molecule has 3 aromatic carbocycles. The Hall–Kier alpha value is -3.36. The Morgan fingerprint density at radius 3 is 2.41 bits per heavy atom. The molecule has 0 saturated carbocycles. The number of fused-ring (bicyclic) bond motifs is 1. The highest BCUT2D eigenvalue weighted by atomic mass is 16.5. The van der Waals surface area contributed by atoms with Gasteiger partial charge in [0.1, 0.15) is 5.75 Å². The molecule has 0 aromatic heterocycles. The predicted octanol–water partition coefficient (Wildman–Crippen LogP) is 3.72. The maximum atomic E-state index is 12.6. The second kappa shape index (κ2) is 8.35. The Balaban J connectivity index is 1.74. The molecule has 136 valence electrons. The lowest BCUT2D eigenvalue weighted by Crippen LogP contribution is -2.30. The van der Waals surface area contributed by atoms with E-state index < -0.39 is 6.10 Å². The third kappa shape index (κ3) is 4.25. The number of amides is 1. The van der Waals surface area contributed by atoms with Crippen LogP contribution in [0.3, 0.4) is 0 Å². The van der Waals surface area contributed by atoms with Crippen LogP contribution >= 0.6 is 0 Å². The number of benzene rings is 3. The molecule has 1 unspecified atom stereocenters. The van der Waals surface area contributed by atoms with Gasteiger partial charge in [-0.25, -0.2) is 0 Å². The van der Waals surface area contributed by atoms with Crippen LogP contribution in [0, 0.1) is 11.3 Å². The number of hydrogen-bond donors (Lipinski definition) is 1. The van der Waals surface area contributed by atoms with Crippen molar-refractivity contribution in [2.45, 2.75) is 12.6 Å². The van der Waals surface area contributed by atoms with Gasteiger partial charge in [0.15, 0.2) is 6.10 Å². The summed E-state index contributed by atoms with van der Waals surface area (Å²) >= 11 is 0. The fraction of sp³-hybridized carbons (Fsp3) is 0.182. The monoisotopic (exact) mass is 360 g/mol. The lowest BCUT2D eigenvalue weighted by Gasteiger charge is -2.16. The van der Waals surface area contributed by atoms with Gasteiger partial charge in [0.25, 0.3) is 5.91 Å². The van der Waals surface area contributed by atoms with Crippen molar-refractivity contribution >= 4 is 16.7 Å². The second-order valence-corrected chi connectivity index (χ2v) is 6.11. The number of nitrogens with zero attached hydrogens (tertiary/aromatic N) is 1. The molecule has 3 aromatic rings. The van der Waals surface area contributed by atoms with Gasteiger partial charge < -0.3 is 14.8 Å². The average molecular weight is 360 g/mol. The first kappa shape index (κ1) is 18.4. The quantitative estimate of drug-likeness (QED) is 0.727. The van der Waals surface area contributed by atoms with Crippen LogP contribution in [0.15, 0.2) is 60.7 Å². The minimum absolute atomic E-state index is 0.213. The lowest BCUT2D eigenvalue weighted by atomic mass is 10.0. The molecular weight excluding hydrogens is 340 g/mol. The smallest absolute Gasteiger partial charge is 0.254 e. The highest BCUT2D eigenvalue weighted by Crippen LogP contribution is 2.25. The summed E-state index contributed by atoms with van der Waals surface area (Å²) in [4.78, 5) is 12.6. The molecule has 0 aliphatic heterocycles. The minimum Gasteiger partial charge on any atom is -0.497 e. The van der Waals surface area contributed by atoms with Gasteiger partial charge in [-0.1, -0.05) is 30.3 Å². The number of ether oxygens (including phenoxy) is 2. The molecule has 0 heterocycles. The maximum Gasteiger partial charge on any atom is 0.254 e. The van der Waals surface area contributed by atoms with Gasteiger partial charge in [-0.3, -0.25) is 4.79 Å². The van der Waals surface area contributed by atoms with Gasteiger partial charge in [-0.2, -0.15) is 5.26 Å². The lowest BCUT2D eigenvalue weighted by molar-refractivity contribution is -0.131. The number of hydrogen-bond acceptors (Lipinski definition) is 4. The summed E-state index contributed by atoms with van der Waals surface area (Å²) in [6.07, 6.45) is -0.699. The number of nitrogens with one attached hydrogen (secondary N) is 1. The Morgan fingerprint density at radius 1 is 1.04 bits per heavy atom. The van der Waals surface area contributed by atoms with Crippen LogP contribution in [-0.4, -0.2) is 20.1 Å². The number of carbonyl (C=O) groups is 1. The standard InChI is InChI=1S/C22H20N2O3/c1-26-20-10-9-17-11-19(8-7-18(17)12-20)21(27-2)22(25)24-14-16-5-3-15(13-23)4-6-16/h3-12,21H,14H2,1-2H3,(H,24,25). The van der Waals surface area contributed by atoms with Crippen LogP contribution in [0.5, 0.6) is 5.75 Å². The van der Waals surface area contributed by atoms with E-state index in [2.05, 4.69) is 11.4 Å². The van der Waals surface area contributed by atoms with E-state index in [1.807, 2.05) is 48.5 Å². The van der Waals surface area contributed by atoms with Crippen molar-refractivity contribution in [3.8, 4) is 11.8 Å². The molecule has 0 saturated heterocycles. The SMILES string of the molecule is COc1ccc2cc(C(OC)C(=O)NCc3ccc(C#N)cc3)ccc2c1. The Kier molecular flexibility index (Phi) is 5.70. The molecule has 5 nitrogen and oxygen atoms in total. The van der Waals surface area contributed by atoms with Crippen molar-refractivity contribution in [3.63, 3.8) is 0 Å². The van der Waals surface area contributed by atoms with Gasteiger partial charge >= 0.3 is 0 Å². The summed E-state index contributed by atoms with van der Waals surface area (Å²) in [5.74, 6) is 0.577. The summed E-state index contributed by atoms with van der Waals surface area (Å²) in [7, 11) is 3.15. The average Bonchev–Trinajstić information content (AvgIpc) is 2.72. The highest BCUT2D eigenvalue weighted by molar-refractivity contribution is 5.87. The Labute approximate surface area is 158 Å². The Bertz CT molecular complexity index is 991. The van der Waals surface area contributed by atoms with Gasteiger partial charge in [-0.05, 0) is 52.2 Å². The van der Waals surface area contributed by atoms with E-state index in [1.54, 1.807) is 19.2 Å². The van der Waals surface area contributed by atoms with E-state index in [1.165, 1.54) is 7.11 Å². The molecule has 0 spiro atoms. The number of nitriles is 1. The van der Waals surface area contributed by atoms with Gasteiger partial charge in [-0.15, -0.1) is 0 Å². The summed E-state index contributed by atoms with van der Waals surface area (Å²) < 4.78 is 10.7. The van der Waals surface area contributed by atoms with E-state index in [4.69, 9.17) is 14.7 Å². The van der Waals surface area contributed by atoms with Crippen molar-refractivity contribution in [1.29, 1.82) is 5.26 Å². The molecule has 27 heavy (non-hydrogen) atoms. The molecule has 0 aliphatic carbocycles. The van der Waals surface area contributed by atoms with Crippen LogP contribution in [-0.2, 0) is 16.1 Å². The van der Waals surface area contributed by atoms with Crippen molar-refractivity contribution < 1.29 is 14.3 Å². The van der Waals surface area contributed by atoms with Crippen LogP contribution in [0.1, 0.15) is 22.8 Å². The molecule has 0 radical (unpaired) electrons. The zero-order valence-corrected chi connectivity index (χ0v) is 15.2. The van der Waals surface area contributed by atoms with Gasteiger partial charge in [0.05, 0.1) is 18.7 Å². The highest BCUT2D eigenvalue weighted by Gasteiger charge is 2.20. The normalized spacial score (nSPS) is 11.6. The van der Waals surface area contributed by atoms with E-state index in [-0.39, 0.29) is 5.91 Å². The molecule has 0 bridgehead atoms. The molecule has 1 atom stereocenters. The largest absolute Gasteiger partial charge is 0.497 e. The van der Waals surface area contributed by atoms with Crippen molar-refractivity contribution in [2.75, 3.05) is 14.2 Å².